The van der Waals surface area contributed by atoms with Gasteiger partial charge < -0.3 is 25.7 Å². The molecule has 0 bridgehead atoms. The third kappa shape index (κ3) is 11.2. The van der Waals surface area contributed by atoms with Gasteiger partial charge in [-0.05, 0) is 61.8 Å². The Kier molecular flexibility index (Phi) is 16.1. The zero-order valence-corrected chi connectivity index (χ0v) is 32.7. The number of benzene rings is 2. The standard InChI is InChI=1S/C34H49N5O6.C7H5NO3/c1-5-22(3)30-34(44)38-19-13-12-18-29(38)33(43)35-26(16-9-7-8-14-24(40)6-2)31(41)36-27(32(42)37-30)20-23-21-39(45-4)28-17-11-10-15-25(23)28;9-7(8(10)11)6-4-2-1-3-5-6/h10-11,15,17,21-22,26-27,29-30H,5-9,12-14,16,18-20H2,1-4H3,(H,35,43)(H,36,41)(H,37,42);1-5H/t22-,26-,27-,29+,30-;/m0./s1. The number of nitrogens with one attached hydrogen (secondary N) is 3. The van der Waals surface area contributed by atoms with Crippen molar-refractivity contribution in [2.24, 2.45) is 5.92 Å². The van der Waals surface area contributed by atoms with Gasteiger partial charge in [0.15, 0.2) is 0 Å². The summed E-state index contributed by atoms with van der Waals surface area (Å²) >= 11 is 0. The maximum atomic E-state index is 14.0. The second-order valence-electron chi connectivity index (χ2n) is 14.3. The number of fused-ring (bicyclic) bond motifs is 2. The van der Waals surface area contributed by atoms with E-state index in [2.05, 4.69) is 16.0 Å². The molecule has 56 heavy (non-hydrogen) atoms. The lowest BCUT2D eigenvalue weighted by Crippen LogP contribution is -2.64. The number of amides is 5. The van der Waals surface area contributed by atoms with Crippen LogP contribution < -0.4 is 20.8 Å². The molecule has 2 fully saturated rings. The van der Waals surface area contributed by atoms with Crippen LogP contribution in [-0.2, 0) is 30.4 Å². The average molecular weight is 775 g/mol. The minimum absolute atomic E-state index is 0.109. The summed E-state index contributed by atoms with van der Waals surface area (Å²) in [4.78, 5) is 94.2. The van der Waals surface area contributed by atoms with Gasteiger partial charge in [-0.25, -0.2) is 4.79 Å². The van der Waals surface area contributed by atoms with Crippen molar-refractivity contribution in [3.63, 3.8) is 0 Å². The normalized spacial score (nSPS) is 20.8. The Labute approximate surface area is 327 Å². The van der Waals surface area contributed by atoms with Crippen LogP contribution in [0.1, 0.15) is 101 Å². The van der Waals surface area contributed by atoms with E-state index in [0.29, 0.717) is 51.5 Å². The van der Waals surface area contributed by atoms with Crippen LogP contribution in [0.25, 0.3) is 10.9 Å². The highest BCUT2D eigenvalue weighted by Crippen LogP contribution is 2.24. The molecule has 302 valence electrons. The van der Waals surface area contributed by atoms with Gasteiger partial charge in [0.2, 0.25) is 23.6 Å². The second kappa shape index (κ2) is 20.9. The van der Waals surface area contributed by atoms with Crippen LogP contribution in [0.3, 0.4) is 0 Å². The highest BCUT2D eigenvalue weighted by Gasteiger charge is 2.41. The van der Waals surface area contributed by atoms with E-state index in [1.54, 1.807) is 41.1 Å². The van der Waals surface area contributed by atoms with Gasteiger partial charge in [0, 0.05) is 37.4 Å². The lowest BCUT2D eigenvalue weighted by molar-refractivity contribution is -0.375. The largest absolute Gasteiger partial charge is 0.476 e. The Morgan fingerprint density at radius 3 is 2.25 bits per heavy atom. The molecule has 3 aromatic rings. The summed E-state index contributed by atoms with van der Waals surface area (Å²) in [6.07, 6.45) is 8.07. The van der Waals surface area contributed by atoms with Crippen LogP contribution in [-0.4, -0.2) is 87.7 Å². The Morgan fingerprint density at radius 1 is 0.893 bits per heavy atom. The van der Waals surface area contributed by atoms with Crippen LogP contribution in [0, 0.1) is 16.0 Å². The number of para-hydroxylation sites is 1. The molecule has 15 nitrogen and oxygen atoms in total. The van der Waals surface area contributed by atoms with Crippen molar-refractivity contribution in [1.82, 2.24) is 25.6 Å². The Bertz CT molecular complexity index is 1860. The zero-order chi connectivity index (χ0) is 40.8. The minimum atomic E-state index is -1.06. The van der Waals surface area contributed by atoms with E-state index in [9.17, 15) is 38.9 Å². The van der Waals surface area contributed by atoms with Gasteiger partial charge in [0.05, 0.1) is 11.1 Å². The summed E-state index contributed by atoms with van der Waals surface area (Å²) in [6, 6.07) is 11.9. The Morgan fingerprint density at radius 2 is 1.57 bits per heavy atom. The van der Waals surface area contributed by atoms with Crippen molar-refractivity contribution in [1.29, 1.82) is 0 Å². The first-order chi connectivity index (χ1) is 26.9. The van der Waals surface area contributed by atoms with Gasteiger partial charge in [-0.15, -0.1) is 0 Å². The van der Waals surface area contributed by atoms with Crippen molar-refractivity contribution >= 4 is 46.2 Å². The third-order valence-electron chi connectivity index (χ3n) is 10.5. The van der Waals surface area contributed by atoms with E-state index in [1.807, 2.05) is 45.0 Å². The number of aromatic nitrogens is 1. The molecule has 2 aliphatic heterocycles. The van der Waals surface area contributed by atoms with Gasteiger partial charge in [0.1, 0.15) is 42.0 Å². The molecule has 1 aromatic heterocycles. The summed E-state index contributed by atoms with van der Waals surface area (Å²) < 4.78 is 1.62. The number of carbonyl (C=O) groups is 6. The number of nitro groups is 1. The zero-order valence-electron chi connectivity index (χ0n) is 32.7. The van der Waals surface area contributed by atoms with Gasteiger partial charge >= 0.3 is 5.91 Å². The number of Topliss-reactive ketones (excluding diaryl/α,β-unsaturated/α-hetero) is 1. The van der Waals surface area contributed by atoms with E-state index in [-0.39, 0.29) is 35.5 Å². The molecule has 0 saturated carbocycles. The molecule has 15 heteroatoms. The van der Waals surface area contributed by atoms with Crippen LogP contribution in [0.4, 0.5) is 0 Å². The molecule has 3 N–H and O–H groups in total. The number of nitrogens with zero attached hydrogens (tertiary/aromatic N) is 3. The van der Waals surface area contributed by atoms with Crippen LogP contribution in [0.15, 0.2) is 60.8 Å². The highest BCUT2D eigenvalue weighted by molar-refractivity contribution is 5.98. The molecular formula is C41H54N6O9. The molecule has 2 saturated heterocycles. The lowest BCUT2D eigenvalue weighted by Gasteiger charge is -2.39. The molecule has 0 radical (unpaired) electrons. The Hall–Kier alpha value is -5.60. The van der Waals surface area contributed by atoms with Crippen LogP contribution in [0.5, 0.6) is 0 Å². The van der Waals surface area contributed by atoms with Crippen molar-refractivity contribution in [3.8, 4) is 0 Å². The first-order valence-corrected chi connectivity index (χ1v) is 19.5. The van der Waals surface area contributed by atoms with Gasteiger partial charge in [0.25, 0.3) is 0 Å². The fourth-order valence-corrected chi connectivity index (χ4v) is 7.06. The smallest absolute Gasteiger partial charge is 0.417 e. The third-order valence-corrected chi connectivity index (χ3v) is 10.5. The molecule has 2 aliphatic rings. The maximum Gasteiger partial charge on any atom is 0.476 e. The number of rotatable bonds is 13. The molecule has 2 aromatic carbocycles. The summed E-state index contributed by atoms with van der Waals surface area (Å²) in [6.45, 7) is 6.14. The van der Waals surface area contributed by atoms with E-state index in [1.165, 1.54) is 12.1 Å². The summed E-state index contributed by atoms with van der Waals surface area (Å²) in [5.41, 5.74) is 1.73. The number of piperidine rings is 1. The quantitative estimate of drug-likeness (QED) is 0.130. The Balaban J connectivity index is 0.000000544. The maximum absolute atomic E-state index is 14.0. The monoisotopic (exact) mass is 774 g/mol. The first-order valence-electron chi connectivity index (χ1n) is 19.5. The number of hydrogen-bond donors (Lipinski definition) is 3. The number of unbranched alkanes of at least 4 members (excludes halogenated alkanes) is 2. The second-order valence-corrected chi connectivity index (χ2v) is 14.3. The number of carbonyl (C=O) groups excluding carboxylic acids is 6. The molecule has 3 heterocycles. The SMILES string of the molecule is CCC(=O)CCCCC[C@@H]1NC(=O)[C@H]2CCCCN2C(=O)[C@H]([C@@H](C)CC)NC(=O)[C@H](Cc2cn(OC)c3ccccc23)NC1=O.O=C(c1ccccc1)[N+](=O)[O-]. The van der Waals surface area contributed by atoms with Crippen molar-refractivity contribution in [2.75, 3.05) is 13.7 Å². The number of hydrogen-bond acceptors (Lipinski definition) is 9. The molecule has 0 aliphatic carbocycles. The van der Waals surface area contributed by atoms with Crippen LogP contribution >= 0.6 is 0 Å². The summed E-state index contributed by atoms with van der Waals surface area (Å²) in [5, 5.41) is 19.7. The molecule has 0 unspecified atom stereocenters. The van der Waals surface area contributed by atoms with Crippen molar-refractivity contribution in [3.05, 3.63) is 82.0 Å². The van der Waals surface area contributed by atoms with Gasteiger partial charge in [-0.1, -0.05) is 76.4 Å². The van der Waals surface area contributed by atoms with Gasteiger partial charge in [-0.2, -0.15) is 4.73 Å². The highest BCUT2D eigenvalue weighted by atomic mass is 16.6. The van der Waals surface area contributed by atoms with E-state index < -0.39 is 46.8 Å². The first kappa shape index (κ1) is 43.1. The topological polar surface area (TPSA) is 199 Å². The minimum Gasteiger partial charge on any atom is -0.417 e. The molecule has 5 rings (SSSR count). The average Bonchev–Trinajstić information content (AvgIpc) is 3.58. The van der Waals surface area contributed by atoms with E-state index in [4.69, 9.17) is 4.84 Å². The summed E-state index contributed by atoms with van der Waals surface area (Å²) in [7, 11) is 1.56. The van der Waals surface area contributed by atoms with Gasteiger partial charge in [-0.3, -0.25) is 34.1 Å². The van der Waals surface area contributed by atoms with Crippen molar-refractivity contribution in [2.45, 2.75) is 116 Å². The summed E-state index contributed by atoms with van der Waals surface area (Å²) in [5.74, 6) is -2.56. The molecule has 0 spiro atoms. The van der Waals surface area contributed by atoms with Crippen LogP contribution in [0.2, 0.25) is 0 Å². The molecule has 5 atom stereocenters. The fourth-order valence-electron chi connectivity index (χ4n) is 7.06. The number of ketones is 1. The predicted molar refractivity (Wildman–Crippen MR) is 209 cm³/mol. The molecular weight excluding hydrogens is 720 g/mol. The molecule has 5 amide bonds. The van der Waals surface area contributed by atoms with Crippen molar-refractivity contribution < 1.29 is 38.5 Å². The fraction of sp³-hybridized carbons (Fsp3) is 0.512. The predicted octanol–water partition coefficient (Wildman–Crippen LogP) is 4.17. The van der Waals surface area contributed by atoms with E-state index in [0.717, 1.165) is 35.7 Å². The van der Waals surface area contributed by atoms with E-state index >= 15 is 0 Å². The lowest BCUT2D eigenvalue weighted by atomic mass is 9.93.